The molecule has 2 saturated heterocycles. The number of cyclic esters (lactones) is 1. The van der Waals surface area contributed by atoms with E-state index in [2.05, 4.69) is 18.7 Å². The highest BCUT2D eigenvalue weighted by Crippen LogP contribution is 2.43. The van der Waals surface area contributed by atoms with Crippen molar-refractivity contribution in [3.63, 3.8) is 0 Å². The van der Waals surface area contributed by atoms with Crippen LogP contribution in [0.25, 0.3) is 0 Å². The monoisotopic (exact) mass is 435 g/mol. The van der Waals surface area contributed by atoms with E-state index in [0.29, 0.717) is 0 Å². The predicted octanol–water partition coefficient (Wildman–Crippen LogP) is 5.15. The first-order valence-electron chi connectivity index (χ1n) is 12.3. The Morgan fingerprint density at radius 1 is 0.969 bits per heavy atom. The second-order valence-electron chi connectivity index (χ2n) is 9.62. The van der Waals surface area contributed by atoms with Gasteiger partial charge in [-0.3, -0.25) is 4.79 Å². The van der Waals surface area contributed by atoms with Gasteiger partial charge >= 0.3 is 5.97 Å². The maximum absolute atomic E-state index is 12.4. The van der Waals surface area contributed by atoms with Crippen LogP contribution >= 0.6 is 0 Å². The van der Waals surface area contributed by atoms with E-state index < -0.39 is 5.60 Å². The molecular weight excluding hydrogens is 398 g/mol. The lowest BCUT2D eigenvalue weighted by Crippen LogP contribution is -2.44. The van der Waals surface area contributed by atoms with E-state index in [-0.39, 0.29) is 23.4 Å². The SMILES string of the molecule is CCC1(CC)CC(CCN2CCC(C(O)(c3ccccc3)c3ccccc3)CC2)OC1=O. The number of carbonyl (C=O) groups is 1. The van der Waals surface area contributed by atoms with Crippen molar-refractivity contribution in [3.05, 3.63) is 71.8 Å². The topological polar surface area (TPSA) is 49.8 Å². The minimum absolute atomic E-state index is 0.00185. The first-order chi connectivity index (χ1) is 15.5. The zero-order valence-electron chi connectivity index (χ0n) is 19.5. The van der Waals surface area contributed by atoms with Crippen molar-refractivity contribution in [1.29, 1.82) is 0 Å². The van der Waals surface area contributed by atoms with Gasteiger partial charge in [0.2, 0.25) is 0 Å². The van der Waals surface area contributed by atoms with E-state index >= 15 is 0 Å². The first-order valence-corrected chi connectivity index (χ1v) is 12.3. The van der Waals surface area contributed by atoms with Crippen LogP contribution in [0.1, 0.15) is 63.5 Å². The molecule has 0 radical (unpaired) electrons. The molecule has 2 aromatic carbocycles. The van der Waals surface area contributed by atoms with Crippen LogP contribution in [0.3, 0.4) is 0 Å². The number of esters is 1. The van der Waals surface area contributed by atoms with Crippen LogP contribution in [0.2, 0.25) is 0 Å². The van der Waals surface area contributed by atoms with Crippen LogP contribution in [0.5, 0.6) is 0 Å². The van der Waals surface area contributed by atoms with Crippen LogP contribution in [-0.2, 0) is 15.1 Å². The Morgan fingerprint density at radius 2 is 1.50 bits per heavy atom. The molecular formula is C28H37NO3. The lowest BCUT2D eigenvalue weighted by atomic mass is 9.72. The van der Waals surface area contributed by atoms with Gasteiger partial charge in [-0.05, 0) is 62.2 Å². The van der Waals surface area contributed by atoms with Crippen molar-refractivity contribution in [2.45, 2.75) is 64.1 Å². The summed E-state index contributed by atoms with van der Waals surface area (Å²) in [7, 11) is 0. The molecule has 2 fully saturated rings. The Labute approximate surface area is 192 Å². The number of hydrogen-bond acceptors (Lipinski definition) is 4. The van der Waals surface area contributed by atoms with Gasteiger partial charge in [0.25, 0.3) is 0 Å². The number of carbonyl (C=O) groups excluding carboxylic acids is 1. The summed E-state index contributed by atoms with van der Waals surface area (Å²) < 4.78 is 5.74. The molecule has 4 rings (SSSR count). The summed E-state index contributed by atoms with van der Waals surface area (Å²) >= 11 is 0. The maximum atomic E-state index is 12.4. The van der Waals surface area contributed by atoms with Gasteiger partial charge in [0.05, 0.1) is 5.41 Å². The van der Waals surface area contributed by atoms with Gasteiger partial charge in [0, 0.05) is 13.0 Å². The number of nitrogens with zero attached hydrogens (tertiary/aromatic N) is 1. The quantitative estimate of drug-likeness (QED) is 0.583. The van der Waals surface area contributed by atoms with Crippen LogP contribution in [0.15, 0.2) is 60.7 Å². The number of benzene rings is 2. The number of rotatable bonds is 8. The van der Waals surface area contributed by atoms with Gasteiger partial charge in [-0.25, -0.2) is 0 Å². The predicted molar refractivity (Wildman–Crippen MR) is 127 cm³/mol. The van der Waals surface area contributed by atoms with E-state index in [1.165, 1.54) is 0 Å². The summed E-state index contributed by atoms with van der Waals surface area (Å²) in [5, 5.41) is 12.0. The summed E-state index contributed by atoms with van der Waals surface area (Å²) in [6.07, 6.45) is 5.42. The van der Waals surface area contributed by atoms with Crippen molar-refractivity contribution < 1.29 is 14.6 Å². The van der Waals surface area contributed by atoms with Crippen LogP contribution in [0, 0.1) is 11.3 Å². The molecule has 0 saturated carbocycles. The Balaban J connectivity index is 1.39. The molecule has 0 bridgehead atoms. The van der Waals surface area contributed by atoms with Crippen molar-refractivity contribution in [1.82, 2.24) is 4.90 Å². The highest BCUT2D eigenvalue weighted by Gasteiger charge is 2.46. The molecule has 0 spiro atoms. The van der Waals surface area contributed by atoms with Crippen LogP contribution in [-0.4, -0.2) is 41.7 Å². The second kappa shape index (κ2) is 9.76. The largest absolute Gasteiger partial charge is 0.462 e. The number of piperidine rings is 1. The lowest BCUT2D eigenvalue weighted by molar-refractivity contribution is -0.149. The van der Waals surface area contributed by atoms with Gasteiger partial charge in [0.15, 0.2) is 0 Å². The van der Waals surface area contributed by atoms with Gasteiger partial charge in [-0.15, -0.1) is 0 Å². The first kappa shape index (κ1) is 23.0. The van der Waals surface area contributed by atoms with Gasteiger partial charge in [-0.1, -0.05) is 74.5 Å². The van der Waals surface area contributed by atoms with Gasteiger partial charge < -0.3 is 14.7 Å². The highest BCUT2D eigenvalue weighted by molar-refractivity contribution is 5.78. The van der Waals surface area contributed by atoms with Crippen LogP contribution in [0.4, 0.5) is 0 Å². The Morgan fingerprint density at radius 3 is 1.97 bits per heavy atom. The molecule has 1 unspecified atom stereocenters. The zero-order valence-corrected chi connectivity index (χ0v) is 19.5. The van der Waals surface area contributed by atoms with Crippen molar-refractivity contribution in [2.75, 3.05) is 19.6 Å². The molecule has 32 heavy (non-hydrogen) atoms. The third kappa shape index (κ3) is 4.35. The number of hydrogen-bond donors (Lipinski definition) is 1. The molecule has 4 heteroatoms. The average molecular weight is 436 g/mol. The Bertz CT molecular complexity index is 831. The summed E-state index contributed by atoms with van der Waals surface area (Å²) in [5.74, 6) is 0.169. The summed E-state index contributed by atoms with van der Waals surface area (Å²) in [4.78, 5) is 14.8. The third-order valence-electron chi connectivity index (χ3n) is 8.05. The molecule has 0 amide bonds. The number of aliphatic hydroxyl groups is 1. The molecule has 2 aliphatic heterocycles. The van der Waals surface area contributed by atoms with Crippen LogP contribution < -0.4 is 0 Å². The number of likely N-dealkylation sites (tertiary alicyclic amines) is 1. The fourth-order valence-corrected chi connectivity index (χ4v) is 5.75. The molecule has 0 aromatic heterocycles. The highest BCUT2D eigenvalue weighted by atomic mass is 16.6. The molecule has 172 valence electrons. The zero-order chi connectivity index (χ0) is 22.6. The fourth-order valence-electron chi connectivity index (χ4n) is 5.75. The standard InChI is InChI=1S/C28H37NO3/c1-3-27(4-2)21-25(32-26(27)30)17-20-29-18-15-24(16-19-29)28(31,22-11-7-5-8-12-22)23-13-9-6-10-14-23/h5-14,24-25,31H,3-4,15-21H2,1-2H3. The average Bonchev–Trinajstić information content (AvgIpc) is 3.19. The van der Waals surface area contributed by atoms with Gasteiger partial charge in [-0.2, -0.15) is 0 Å². The number of ether oxygens (including phenoxy) is 1. The normalized spacial score (nSPS) is 22.1. The summed E-state index contributed by atoms with van der Waals surface area (Å²) in [6.45, 7) is 7.06. The maximum Gasteiger partial charge on any atom is 0.312 e. The molecule has 2 aliphatic rings. The van der Waals surface area contributed by atoms with E-state index in [0.717, 1.165) is 69.3 Å². The molecule has 2 heterocycles. The minimum Gasteiger partial charge on any atom is -0.462 e. The fraction of sp³-hybridized carbons (Fsp3) is 0.536. The third-order valence-corrected chi connectivity index (χ3v) is 8.05. The van der Waals surface area contributed by atoms with E-state index in [1.807, 2.05) is 60.7 Å². The van der Waals surface area contributed by atoms with Crippen molar-refractivity contribution in [2.24, 2.45) is 11.3 Å². The molecule has 0 aliphatic carbocycles. The summed E-state index contributed by atoms with van der Waals surface area (Å²) in [6, 6.07) is 20.2. The molecule has 2 aromatic rings. The van der Waals surface area contributed by atoms with E-state index in [1.54, 1.807) is 0 Å². The van der Waals surface area contributed by atoms with E-state index in [4.69, 9.17) is 4.74 Å². The summed E-state index contributed by atoms with van der Waals surface area (Å²) in [5.41, 5.74) is 0.702. The molecule has 4 nitrogen and oxygen atoms in total. The van der Waals surface area contributed by atoms with E-state index in [9.17, 15) is 9.90 Å². The van der Waals surface area contributed by atoms with Crippen molar-refractivity contribution in [3.8, 4) is 0 Å². The van der Waals surface area contributed by atoms with Crippen molar-refractivity contribution >= 4 is 5.97 Å². The van der Waals surface area contributed by atoms with Gasteiger partial charge in [0.1, 0.15) is 11.7 Å². The minimum atomic E-state index is -0.975. The Kier molecular flexibility index (Phi) is 7.02. The molecule has 1 atom stereocenters. The lowest BCUT2D eigenvalue weighted by Gasteiger charge is -2.42. The Hall–Kier alpha value is -2.17. The molecule has 1 N–H and O–H groups in total. The smallest absolute Gasteiger partial charge is 0.312 e. The second-order valence-corrected chi connectivity index (χ2v) is 9.62.